The average molecular weight is 265 g/mol. The van der Waals surface area contributed by atoms with E-state index in [4.69, 9.17) is 20.6 Å². The second kappa shape index (κ2) is 6.99. The average Bonchev–Trinajstić information content (AvgIpc) is 2.38. The van der Waals surface area contributed by atoms with Crippen LogP contribution in [0, 0.1) is 5.41 Å². The molecule has 106 valence electrons. The van der Waals surface area contributed by atoms with Crippen molar-refractivity contribution < 1.29 is 9.47 Å². The zero-order valence-electron chi connectivity index (χ0n) is 12.1. The maximum Gasteiger partial charge on any atom is 0.124 e. The third-order valence-electron chi connectivity index (χ3n) is 2.96. The number of benzene rings is 1. The molecule has 0 spiro atoms. The molecule has 0 aliphatic carbocycles. The fourth-order valence-corrected chi connectivity index (χ4v) is 1.95. The number of hydrogen-bond donors (Lipinski definition) is 2. The predicted octanol–water partition coefficient (Wildman–Crippen LogP) is 1.84. The molecule has 0 bridgehead atoms. The van der Waals surface area contributed by atoms with Gasteiger partial charge in [0.2, 0.25) is 0 Å². The molecule has 0 atom stereocenters. The first-order chi connectivity index (χ1) is 9.01. The number of nitrogens with two attached hydrogens (primary N) is 1. The van der Waals surface area contributed by atoms with E-state index in [1.54, 1.807) is 14.2 Å². The summed E-state index contributed by atoms with van der Waals surface area (Å²) in [5.41, 5.74) is 7.27. The Kier molecular flexibility index (Phi) is 5.63. The molecule has 19 heavy (non-hydrogen) atoms. The summed E-state index contributed by atoms with van der Waals surface area (Å²) in [4.78, 5) is 2.16. The number of hydrogen-bond acceptors (Lipinski definition) is 4. The summed E-state index contributed by atoms with van der Waals surface area (Å²) in [6.45, 7) is 5.55. The Morgan fingerprint density at radius 3 is 2.53 bits per heavy atom. The van der Waals surface area contributed by atoms with E-state index in [0.29, 0.717) is 12.2 Å². The molecule has 0 saturated carbocycles. The van der Waals surface area contributed by atoms with Gasteiger partial charge in [-0.05, 0) is 26.0 Å². The highest BCUT2D eigenvalue weighted by Gasteiger charge is 2.16. The number of anilines is 1. The van der Waals surface area contributed by atoms with Gasteiger partial charge < -0.3 is 20.1 Å². The van der Waals surface area contributed by atoms with Crippen LogP contribution in [0.3, 0.4) is 0 Å². The quantitative estimate of drug-likeness (QED) is 0.583. The van der Waals surface area contributed by atoms with E-state index in [0.717, 1.165) is 18.0 Å². The van der Waals surface area contributed by atoms with Crippen LogP contribution in [0.1, 0.15) is 19.4 Å². The third kappa shape index (κ3) is 3.86. The molecular formula is C14H23N3O2. The lowest BCUT2D eigenvalue weighted by molar-refractivity contribution is 0.204. The monoisotopic (exact) mass is 265 g/mol. The summed E-state index contributed by atoms with van der Waals surface area (Å²) < 4.78 is 10.4. The lowest BCUT2D eigenvalue weighted by Gasteiger charge is -2.30. The molecule has 1 aromatic carbocycles. The molecule has 0 radical (unpaired) electrons. The zero-order valence-corrected chi connectivity index (χ0v) is 12.1. The Labute approximate surface area is 114 Å². The first-order valence-corrected chi connectivity index (χ1v) is 6.29. The lowest BCUT2D eigenvalue weighted by atomic mass is 10.1. The van der Waals surface area contributed by atoms with Gasteiger partial charge in [0, 0.05) is 31.3 Å². The van der Waals surface area contributed by atoms with Crippen molar-refractivity contribution >= 4 is 11.5 Å². The largest absolute Gasteiger partial charge is 0.497 e. The summed E-state index contributed by atoms with van der Waals surface area (Å²) in [6, 6.07) is 5.82. The highest BCUT2D eigenvalue weighted by Crippen LogP contribution is 2.27. The third-order valence-corrected chi connectivity index (χ3v) is 2.96. The van der Waals surface area contributed by atoms with E-state index in [9.17, 15) is 0 Å². The van der Waals surface area contributed by atoms with E-state index in [1.165, 1.54) is 0 Å². The van der Waals surface area contributed by atoms with Crippen molar-refractivity contribution in [2.24, 2.45) is 5.73 Å². The molecule has 0 fully saturated rings. The Balaban J connectivity index is 3.20. The van der Waals surface area contributed by atoms with Crippen molar-refractivity contribution in [3.63, 3.8) is 0 Å². The smallest absolute Gasteiger partial charge is 0.124 e. The number of nitrogens with one attached hydrogen (secondary N) is 1. The van der Waals surface area contributed by atoms with Gasteiger partial charge in [0.1, 0.15) is 11.6 Å². The molecule has 5 heteroatoms. The van der Waals surface area contributed by atoms with Crippen LogP contribution in [0.25, 0.3) is 0 Å². The molecular weight excluding hydrogens is 242 g/mol. The fourth-order valence-electron chi connectivity index (χ4n) is 1.95. The van der Waals surface area contributed by atoms with Gasteiger partial charge in [-0.15, -0.1) is 0 Å². The van der Waals surface area contributed by atoms with Gasteiger partial charge in [-0.25, -0.2) is 0 Å². The van der Waals surface area contributed by atoms with Gasteiger partial charge >= 0.3 is 0 Å². The molecule has 0 aromatic heterocycles. The topological polar surface area (TPSA) is 71.6 Å². The molecule has 5 nitrogen and oxygen atoms in total. The Morgan fingerprint density at radius 2 is 2.05 bits per heavy atom. The van der Waals surface area contributed by atoms with Crippen molar-refractivity contribution in [2.75, 3.05) is 32.3 Å². The number of amidine groups is 1. The second-order valence-electron chi connectivity index (χ2n) is 4.58. The zero-order chi connectivity index (χ0) is 14.4. The lowest BCUT2D eigenvalue weighted by Crippen LogP contribution is -2.35. The van der Waals surface area contributed by atoms with Crippen molar-refractivity contribution in [2.45, 2.75) is 19.9 Å². The van der Waals surface area contributed by atoms with Gasteiger partial charge in [0.15, 0.2) is 0 Å². The minimum atomic E-state index is 0.0562. The highest BCUT2D eigenvalue weighted by atomic mass is 16.5. The SMILES string of the molecule is COCCN(c1cc(OC)ccc1C(=N)N)C(C)C. The number of nitrogen functional groups attached to an aromatic ring is 1. The Hall–Kier alpha value is -1.75. The van der Waals surface area contributed by atoms with E-state index >= 15 is 0 Å². The maximum absolute atomic E-state index is 7.69. The van der Waals surface area contributed by atoms with Crippen LogP contribution < -0.4 is 15.4 Å². The van der Waals surface area contributed by atoms with Crippen LogP contribution in [0.5, 0.6) is 5.75 Å². The van der Waals surface area contributed by atoms with Crippen LogP contribution in [0.2, 0.25) is 0 Å². The van der Waals surface area contributed by atoms with E-state index < -0.39 is 0 Å². The number of nitrogens with zero attached hydrogens (tertiary/aromatic N) is 1. The van der Waals surface area contributed by atoms with Gasteiger partial charge in [0.25, 0.3) is 0 Å². The van der Waals surface area contributed by atoms with E-state index in [1.807, 2.05) is 18.2 Å². The van der Waals surface area contributed by atoms with Crippen LogP contribution in [0.15, 0.2) is 18.2 Å². The molecule has 0 aliphatic rings. The molecule has 0 unspecified atom stereocenters. The standard InChI is InChI=1S/C14H23N3O2/c1-10(2)17(7-8-18-3)13-9-11(19-4)5-6-12(13)14(15)16/h5-6,9-10H,7-8H2,1-4H3,(H3,15,16). The maximum atomic E-state index is 7.69. The van der Waals surface area contributed by atoms with Crippen molar-refractivity contribution in [3.8, 4) is 5.75 Å². The first kappa shape index (κ1) is 15.3. The summed E-state index contributed by atoms with van der Waals surface area (Å²) in [7, 11) is 3.30. The molecule has 1 aromatic rings. The molecule has 0 saturated heterocycles. The summed E-state index contributed by atoms with van der Waals surface area (Å²) in [6.07, 6.45) is 0. The molecule has 3 N–H and O–H groups in total. The second-order valence-corrected chi connectivity index (χ2v) is 4.58. The van der Waals surface area contributed by atoms with E-state index in [-0.39, 0.29) is 11.9 Å². The summed E-state index contributed by atoms with van der Waals surface area (Å²) in [5.74, 6) is 0.809. The number of methoxy groups -OCH3 is 2. The predicted molar refractivity (Wildman–Crippen MR) is 78.4 cm³/mol. The number of ether oxygens (including phenoxy) is 2. The van der Waals surface area contributed by atoms with Gasteiger partial charge in [-0.3, -0.25) is 5.41 Å². The molecule has 0 amide bonds. The number of rotatable bonds is 7. The van der Waals surface area contributed by atoms with Gasteiger partial charge in [-0.1, -0.05) is 0 Å². The summed E-state index contributed by atoms with van der Waals surface area (Å²) in [5, 5.41) is 7.69. The minimum Gasteiger partial charge on any atom is -0.497 e. The molecule has 1 rings (SSSR count). The van der Waals surface area contributed by atoms with Crippen molar-refractivity contribution in [1.29, 1.82) is 5.41 Å². The van der Waals surface area contributed by atoms with Gasteiger partial charge in [-0.2, -0.15) is 0 Å². The Morgan fingerprint density at radius 1 is 1.37 bits per heavy atom. The van der Waals surface area contributed by atoms with Gasteiger partial charge in [0.05, 0.1) is 19.4 Å². The van der Waals surface area contributed by atoms with Crippen LogP contribution in [-0.2, 0) is 4.74 Å². The van der Waals surface area contributed by atoms with E-state index in [2.05, 4.69) is 18.7 Å². The van der Waals surface area contributed by atoms with Crippen LogP contribution in [0.4, 0.5) is 5.69 Å². The highest BCUT2D eigenvalue weighted by molar-refractivity contribution is 6.00. The molecule has 0 aliphatic heterocycles. The first-order valence-electron chi connectivity index (χ1n) is 6.29. The minimum absolute atomic E-state index is 0.0562. The van der Waals surface area contributed by atoms with Crippen molar-refractivity contribution in [1.82, 2.24) is 0 Å². The van der Waals surface area contributed by atoms with Crippen LogP contribution >= 0.6 is 0 Å². The van der Waals surface area contributed by atoms with Crippen LogP contribution in [-0.4, -0.2) is 39.2 Å². The van der Waals surface area contributed by atoms with Crippen molar-refractivity contribution in [3.05, 3.63) is 23.8 Å². The summed E-state index contributed by atoms with van der Waals surface area (Å²) >= 11 is 0. The fraction of sp³-hybridized carbons (Fsp3) is 0.500. The molecule has 0 heterocycles. The Bertz CT molecular complexity index is 433. The normalized spacial score (nSPS) is 10.6.